The topological polar surface area (TPSA) is 21.3 Å². The summed E-state index contributed by atoms with van der Waals surface area (Å²) in [5.74, 6) is 1.92. The molecule has 15 heavy (non-hydrogen) atoms. The molecule has 1 unspecified atom stereocenters. The largest absolute Gasteiger partial charge is 0.496 e. The van der Waals surface area contributed by atoms with Crippen LogP contribution in [0, 0.1) is 5.92 Å². The summed E-state index contributed by atoms with van der Waals surface area (Å²) >= 11 is 0. The van der Waals surface area contributed by atoms with Gasteiger partial charge >= 0.3 is 0 Å². The SMILES string of the molecule is CNC(CC1CC1)c1ccccc1OC. The molecule has 1 saturated carbocycles. The molecule has 2 heteroatoms. The Morgan fingerprint density at radius 2 is 2.13 bits per heavy atom. The average Bonchev–Trinajstić information content (AvgIpc) is 3.10. The maximum Gasteiger partial charge on any atom is 0.123 e. The van der Waals surface area contributed by atoms with E-state index in [4.69, 9.17) is 4.74 Å². The first-order valence-electron chi connectivity index (χ1n) is 5.65. The molecule has 0 radical (unpaired) electrons. The smallest absolute Gasteiger partial charge is 0.123 e. The second-order valence-electron chi connectivity index (χ2n) is 4.26. The first-order valence-corrected chi connectivity index (χ1v) is 5.65. The lowest BCUT2D eigenvalue weighted by molar-refractivity contribution is 0.396. The molecule has 0 heterocycles. The minimum absolute atomic E-state index is 0.439. The Morgan fingerprint density at radius 3 is 2.73 bits per heavy atom. The highest BCUT2D eigenvalue weighted by atomic mass is 16.5. The van der Waals surface area contributed by atoms with Gasteiger partial charge in [-0.15, -0.1) is 0 Å². The van der Waals surface area contributed by atoms with Gasteiger partial charge in [-0.3, -0.25) is 0 Å². The summed E-state index contributed by atoms with van der Waals surface area (Å²) in [4.78, 5) is 0. The number of rotatable bonds is 5. The molecular weight excluding hydrogens is 186 g/mol. The van der Waals surface area contributed by atoms with Gasteiger partial charge in [0.15, 0.2) is 0 Å². The van der Waals surface area contributed by atoms with Crippen molar-refractivity contribution >= 4 is 0 Å². The normalized spacial score (nSPS) is 17.5. The quantitative estimate of drug-likeness (QED) is 0.798. The summed E-state index contributed by atoms with van der Waals surface area (Å²) in [7, 11) is 3.77. The molecule has 1 fully saturated rings. The zero-order valence-corrected chi connectivity index (χ0v) is 9.49. The van der Waals surface area contributed by atoms with Crippen molar-refractivity contribution in [2.24, 2.45) is 5.92 Å². The van der Waals surface area contributed by atoms with Crippen molar-refractivity contribution in [1.82, 2.24) is 5.32 Å². The van der Waals surface area contributed by atoms with Crippen molar-refractivity contribution in [3.63, 3.8) is 0 Å². The van der Waals surface area contributed by atoms with Gasteiger partial charge in [0.2, 0.25) is 0 Å². The van der Waals surface area contributed by atoms with Crippen LogP contribution < -0.4 is 10.1 Å². The number of hydrogen-bond donors (Lipinski definition) is 1. The summed E-state index contributed by atoms with van der Waals surface area (Å²) in [6.45, 7) is 0. The van der Waals surface area contributed by atoms with Crippen LogP contribution in [0.25, 0.3) is 0 Å². The zero-order valence-electron chi connectivity index (χ0n) is 9.49. The second-order valence-corrected chi connectivity index (χ2v) is 4.26. The highest BCUT2D eigenvalue weighted by Gasteiger charge is 2.26. The Kier molecular flexibility index (Phi) is 3.27. The predicted molar refractivity (Wildman–Crippen MR) is 62.1 cm³/mol. The highest BCUT2D eigenvalue weighted by molar-refractivity contribution is 5.35. The Labute approximate surface area is 91.6 Å². The zero-order chi connectivity index (χ0) is 10.7. The van der Waals surface area contributed by atoms with Crippen LogP contribution in [0.4, 0.5) is 0 Å². The van der Waals surface area contributed by atoms with Crippen LogP contribution in [0.5, 0.6) is 5.75 Å². The third-order valence-electron chi connectivity index (χ3n) is 3.13. The fraction of sp³-hybridized carbons (Fsp3) is 0.538. The average molecular weight is 205 g/mol. The molecule has 2 rings (SSSR count). The van der Waals surface area contributed by atoms with E-state index in [1.807, 2.05) is 19.2 Å². The van der Waals surface area contributed by atoms with Gasteiger partial charge in [0, 0.05) is 11.6 Å². The van der Waals surface area contributed by atoms with Gasteiger partial charge < -0.3 is 10.1 Å². The first-order chi connectivity index (χ1) is 7.35. The lowest BCUT2D eigenvalue weighted by Gasteiger charge is -2.18. The van der Waals surface area contributed by atoms with Crippen molar-refractivity contribution < 1.29 is 4.74 Å². The molecule has 0 amide bonds. The molecule has 0 bridgehead atoms. The van der Waals surface area contributed by atoms with Crippen LogP contribution in [0.2, 0.25) is 0 Å². The summed E-state index contributed by atoms with van der Waals surface area (Å²) < 4.78 is 5.39. The number of para-hydroxylation sites is 1. The standard InChI is InChI=1S/C13H19NO/c1-14-12(9-10-7-8-10)11-5-3-4-6-13(11)15-2/h3-6,10,12,14H,7-9H2,1-2H3. The fourth-order valence-electron chi connectivity index (χ4n) is 2.04. The molecule has 0 aliphatic heterocycles. The van der Waals surface area contributed by atoms with E-state index in [0.29, 0.717) is 6.04 Å². The van der Waals surface area contributed by atoms with Crippen molar-refractivity contribution in [3.05, 3.63) is 29.8 Å². The molecule has 82 valence electrons. The summed E-state index contributed by atoms with van der Waals surface area (Å²) in [6, 6.07) is 8.73. The van der Waals surface area contributed by atoms with E-state index in [0.717, 1.165) is 11.7 Å². The van der Waals surface area contributed by atoms with Gasteiger partial charge in [-0.1, -0.05) is 31.0 Å². The minimum atomic E-state index is 0.439. The van der Waals surface area contributed by atoms with E-state index in [1.165, 1.54) is 24.8 Å². The van der Waals surface area contributed by atoms with Crippen molar-refractivity contribution in [1.29, 1.82) is 0 Å². The third-order valence-corrected chi connectivity index (χ3v) is 3.13. The highest BCUT2D eigenvalue weighted by Crippen LogP contribution is 2.39. The summed E-state index contributed by atoms with van der Waals surface area (Å²) in [6.07, 6.45) is 4.03. The Bertz CT molecular complexity index is 320. The molecule has 1 aromatic carbocycles. The van der Waals surface area contributed by atoms with Crippen LogP contribution in [-0.4, -0.2) is 14.2 Å². The molecule has 0 aromatic heterocycles. The Hall–Kier alpha value is -1.02. The van der Waals surface area contributed by atoms with Crippen molar-refractivity contribution in [2.75, 3.05) is 14.2 Å². The van der Waals surface area contributed by atoms with Crippen molar-refractivity contribution in [3.8, 4) is 5.75 Å². The van der Waals surface area contributed by atoms with E-state index >= 15 is 0 Å². The molecule has 2 nitrogen and oxygen atoms in total. The molecule has 0 spiro atoms. The number of ether oxygens (including phenoxy) is 1. The van der Waals surface area contributed by atoms with Gasteiger partial charge in [0.1, 0.15) is 5.75 Å². The van der Waals surface area contributed by atoms with Gasteiger partial charge in [0.05, 0.1) is 7.11 Å². The van der Waals surface area contributed by atoms with E-state index in [1.54, 1.807) is 7.11 Å². The number of methoxy groups -OCH3 is 1. The number of nitrogens with one attached hydrogen (secondary N) is 1. The molecule has 1 aromatic rings. The fourth-order valence-corrected chi connectivity index (χ4v) is 2.04. The number of hydrogen-bond acceptors (Lipinski definition) is 2. The molecule has 1 aliphatic carbocycles. The number of benzene rings is 1. The maximum atomic E-state index is 5.39. The maximum absolute atomic E-state index is 5.39. The van der Waals surface area contributed by atoms with E-state index in [2.05, 4.69) is 17.4 Å². The molecule has 1 N–H and O–H groups in total. The van der Waals surface area contributed by atoms with Crippen LogP contribution in [0.3, 0.4) is 0 Å². The van der Waals surface area contributed by atoms with E-state index in [-0.39, 0.29) is 0 Å². The Balaban J connectivity index is 2.15. The van der Waals surface area contributed by atoms with E-state index in [9.17, 15) is 0 Å². The van der Waals surface area contributed by atoms with Crippen LogP contribution in [0.15, 0.2) is 24.3 Å². The van der Waals surface area contributed by atoms with Crippen LogP contribution >= 0.6 is 0 Å². The lowest BCUT2D eigenvalue weighted by Crippen LogP contribution is -2.17. The molecule has 1 atom stereocenters. The van der Waals surface area contributed by atoms with Crippen molar-refractivity contribution in [2.45, 2.75) is 25.3 Å². The first kappa shape index (κ1) is 10.5. The van der Waals surface area contributed by atoms with Gasteiger partial charge in [-0.05, 0) is 25.5 Å². The molecule has 0 saturated heterocycles. The second kappa shape index (κ2) is 4.67. The van der Waals surface area contributed by atoms with Gasteiger partial charge in [-0.25, -0.2) is 0 Å². The van der Waals surface area contributed by atoms with Gasteiger partial charge in [0.25, 0.3) is 0 Å². The summed E-state index contributed by atoms with van der Waals surface area (Å²) in [5.41, 5.74) is 1.29. The van der Waals surface area contributed by atoms with E-state index < -0.39 is 0 Å². The third kappa shape index (κ3) is 2.51. The molecular formula is C13H19NO. The van der Waals surface area contributed by atoms with Crippen LogP contribution in [-0.2, 0) is 0 Å². The monoisotopic (exact) mass is 205 g/mol. The minimum Gasteiger partial charge on any atom is -0.496 e. The summed E-state index contributed by atoms with van der Waals surface area (Å²) in [5, 5.41) is 3.38. The molecule has 1 aliphatic rings. The Morgan fingerprint density at radius 1 is 1.40 bits per heavy atom. The predicted octanol–water partition coefficient (Wildman–Crippen LogP) is 2.76. The van der Waals surface area contributed by atoms with Crippen LogP contribution in [0.1, 0.15) is 30.9 Å². The lowest BCUT2D eigenvalue weighted by atomic mass is 10.0. The van der Waals surface area contributed by atoms with Gasteiger partial charge in [-0.2, -0.15) is 0 Å².